The number of carbonyl (C=O) groups is 1. The number of carbonyl (C=O) groups excluding carboxylic acids is 1. The Morgan fingerprint density at radius 2 is 1.96 bits per heavy atom. The summed E-state index contributed by atoms with van der Waals surface area (Å²) in [7, 11) is 1.75. The van der Waals surface area contributed by atoms with Crippen LogP contribution in [0.25, 0.3) is 10.9 Å². The monoisotopic (exact) mass is 390 g/mol. The molecular formula is C17H12BrClN2O2. The highest BCUT2D eigenvalue weighted by Crippen LogP contribution is 2.21. The lowest BCUT2D eigenvalue weighted by atomic mass is 10.1. The molecule has 0 radical (unpaired) electrons. The van der Waals surface area contributed by atoms with E-state index in [2.05, 4.69) is 21.2 Å². The van der Waals surface area contributed by atoms with Gasteiger partial charge in [-0.25, -0.2) is 0 Å². The van der Waals surface area contributed by atoms with Gasteiger partial charge in [0.15, 0.2) is 0 Å². The number of benzene rings is 2. The number of pyridine rings is 1. The van der Waals surface area contributed by atoms with E-state index in [1.54, 1.807) is 48.0 Å². The summed E-state index contributed by atoms with van der Waals surface area (Å²) < 4.78 is 2.53. The standard InChI is InChI=1S/C17H12BrClN2O2/c1-21-9-13(16(22)12-6-3-7-14(19)15(12)21)17(23)20-11-5-2-4-10(18)8-11/h2-9H,1H3,(H,20,23). The van der Waals surface area contributed by atoms with Crippen LogP contribution in [0.2, 0.25) is 5.02 Å². The summed E-state index contributed by atoms with van der Waals surface area (Å²) in [4.78, 5) is 25.0. The predicted octanol–water partition coefficient (Wildman–Crippen LogP) is 4.21. The molecule has 3 rings (SSSR count). The first kappa shape index (κ1) is 15.8. The number of fused-ring (bicyclic) bond motifs is 1. The van der Waals surface area contributed by atoms with E-state index in [4.69, 9.17) is 11.6 Å². The number of para-hydroxylation sites is 1. The first-order chi connectivity index (χ1) is 11.0. The Labute approximate surface area is 145 Å². The second-order valence-electron chi connectivity index (χ2n) is 5.08. The molecule has 0 unspecified atom stereocenters. The number of halogens is 2. The molecule has 1 heterocycles. The number of hydrogen-bond acceptors (Lipinski definition) is 2. The second-order valence-corrected chi connectivity index (χ2v) is 6.41. The molecule has 0 aliphatic rings. The highest BCUT2D eigenvalue weighted by Gasteiger charge is 2.16. The Kier molecular flexibility index (Phi) is 4.24. The number of aryl methyl sites for hydroxylation is 1. The smallest absolute Gasteiger partial charge is 0.261 e. The van der Waals surface area contributed by atoms with E-state index >= 15 is 0 Å². The van der Waals surface area contributed by atoms with Gasteiger partial charge in [-0.1, -0.05) is 39.7 Å². The molecule has 1 amide bonds. The van der Waals surface area contributed by atoms with Gasteiger partial charge in [-0.3, -0.25) is 9.59 Å². The van der Waals surface area contributed by atoms with Crippen molar-refractivity contribution in [3.05, 3.63) is 73.9 Å². The molecule has 4 nitrogen and oxygen atoms in total. The van der Waals surface area contributed by atoms with E-state index in [9.17, 15) is 9.59 Å². The number of anilines is 1. The van der Waals surface area contributed by atoms with Crippen LogP contribution < -0.4 is 10.7 Å². The van der Waals surface area contributed by atoms with Crippen LogP contribution in [-0.2, 0) is 7.05 Å². The Morgan fingerprint density at radius 1 is 1.22 bits per heavy atom. The van der Waals surface area contributed by atoms with Gasteiger partial charge in [-0.05, 0) is 30.3 Å². The van der Waals surface area contributed by atoms with Crippen molar-refractivity contribution in [1.29, 1.82) is 0 Å². The molecule has 0 saturated carbocycles. The molecule has 0 fully saturated rings. The maximum atomic E-state index is 12.6. The molecule has 0 spiro atoms. The molecule has 116 valence electrons. The van der Waals surface area contributed by atoms with Crippen LogP contribution in [-0.4, -0.2) is 10.5 Å². The number of amides is 1. The fourth-order valence-electron chi connectivity index (χ4n) is 2.45. The fourth-order valence-corrected chi connectivity index (χ4v) is 3.15. The van der Waals surface area contributed by atoms with Crippen LogP contribution in [0.1, 0.15) is 10.4 Å². The van der Waals surface area contributed by atoms with Gasteiger partial charge in [-0.15, -0.1) is 0 Å². The summed E-state index contributed by atoms with van der Waals surface area (Å²) in [6, 6.07) is 12.3. The normalized spacial score (nSPS) is 10.7. The van der Waals surface area contributed by atoms with Gasteiger partial charge in [0, 0.05) is 28.8 Å². The van der Waals surface area contributed by atoms with E-state index in [0.29, 0.717) is 21.6 Å². The van der Waals surface area contributed by atoms with E-state index < -0.39 is 5.91 Å². The molecule has 0 bridgehead atoms. The maximum absolute atomic E-state index is 12.6. The molecule has 0 aliphatic carbocycles. The lowest BCUT2D eigenvalue weighted by molar-refractivity contribution is 0.102. The van der Waals surface area contributed by atoms with Gasteiger partial charge in [0.1, 0.15) is 5.56 Å². The molecule has 23 heavy (non-hydrogen) atoms. The van der Waals surface area contributed by atoms with Gasteiger partial charge in [-0.2, -0.15) is 0 Å². The third kappa shape index (κ3) is 3.02. The zero-order chi connectivity index (χ0) is 16.6. The van der Waals surface area contributed by atoms with Crippen LogP contribution in [0.15, 0.2) is 57.9 Å². The number of nitrogens with zero attached hydrogens (tertiary/aromatic N) is 1. The van der Waals surface area contributed by atoms with Gasteiger partial charge in [0.2, 0.25) is 5.43 Å². The second kappa shape index (κ2) is 6.18. The van der Waals surface area contributed by atoms with Gasteiger partial charge < -0.3 is 9.88 Å². The molecule has 3 aromatic rings. The quantitative estimate of drug-likeness (QED) is 0.711. The van der Waals surface area contributed by atoms with Crippen molar-refractivity contribution >= 4 is 50.0 Å². The summed E-state index contributed by atoms with van der Waals surface area (Å²) in [6.07, 6.45) is 1.50. The highest BCUT2D eigenvalue weighted by molar-refractivity contribution is 9.10. The van der Waals surface area contributed by atoms with Crippen LogP contribution in [0, 0.1) is 0 Å². The van der Waals surface area contributed by atoms with Crippen LogP contribution in [0.3, 0.4) is 0 Å². The molecule has 2 aromatic carbocycles. The van der Waals surface area contributed by atoms with E-state index in [-0.39, 0.29) is 11.0 Å². The topological polar surface area (TPSA) is 51.1 Å². The molecule has 0 saturated heterocycles. The molecule has 6 heteroatoms. The number of aromatic nitrogens is 1. The summed E-state index contributed by atoms with van der Waals surface area (Å²) in [5.74, 6) is -0.453. The first-order valence-electron chi connectivity index (χ1n) is 6.82. The van der Waals surface area contributed by atoms with Crippen molar-refractivity contribution in [3.8, 4) is 0 Å². The predicted molar refractivity (Wildman–Crippen MR) is 96.3 cm³/mol. The van der Waals surface area contributed by atoms with Crippen molar-refractivity contribution in [2.24, 2.45) is 7.05 Å². The number of nitrogens with one attached hydrogen (secondary N) is 1. The van der Waals surface area contributed by atoms with Gasteiger partial charge >= 0.3 is 0 Å². The van der Waals surface area contributed by atoms with Crippen molar-refractivity contribution in [3.63, 3.8) is 0 Å². The van der Waals surface area contributed by atoms with Crippen molar-refractivity contribution < 1.29 is 4.79 Å². The summed E-state index contributed by atoms with van der Waals surface area (Å²) in [5.41, 5.74) is 0.950. The van der Waals surface area contributed by atoms with E-state index in [1.165, 1.54) is 6.20 Å². The average molecular weight is 392 g/mol. The fraction of sp³-hybridized carbons (Fsp3) is 0.0588. The van der Waals surface area contributed by atoms with Crippen molar-refractivity contribution in [1.82, 2.24) is 4.57 Å². The van der Waals surface area contributed by atoms with Crippen LogP contribution in [0.4, 0.5) is 5.69 Å². The van der Waals surface area contributed by atoms with Crippen LogP contribution in [0.5, 0.6) is 0 Å². The SMILES string of the molecule is Cn1cc(C(=O)Nc2cccc(Br)c2)c(=O)c2cccc(Cl)c21. The lowest BCUT2D eigenvalue weighted by Gasteiger charge is -2.11. The molecule has 0 atom stereocenters. The zero-order valence-electron chi connectivity index (χ0n) is 12.1. The largest absolute Gasteiger partial charge is 0.348 e. The molecule has 1 N–H and O–H groups in total. The molecule has 0 aliphatic heterocycles. The van der Waals surface area contributed by atoms with E-state index in [1.807, 2.05) is 6.07 Å². The van der Waals surface area contributed by atoms with Gasteiger partial charge in [0.05, 0.1) is 10.5 Å². The van der Waals surface area contributed by atoms with E-state index in [0.717, 1.165) is 4.47 Å². The number of rotatable bonds is 2. The minimum Gasteiger partial charge on any atom is -0.348 e. The zero-order valence-corrected chi connectivity index (χ0v) is 14.5. The molecular weight excluding hydrogens is 380 g/mol. The number of hydrogen-bond donors (Lipinski definition) is 1. The third-order valence-electron chi connectivity index (χ3n) is 3.48. The minimum absolute atomic E-state index is 0.0715. The molecule has 1 aromatic heterocycles. The lowest BCUT2D eigenvalue weighted by Crippen LogP contribution is -2.23. The summed E-state index contributed by atoms with van der Waals surface area (Å²) in [5, 5.41) is 3.62. The Bertz CT molecular complexity index is 982. The first-order valence-corrected chi connectivity index (χ1v) is 7.99. The van der Waals surface area contributed by atoms with Crippen molar-refractivity contribution in [2.45, 2.75) is 0 Å². The average Bonchev–Trinajstić information content (AvgIpc) is 2.50. The Balaban J connectivity index is 2.08. The van der Waals surface area contributed by atoms with Crippen molar-refractivity contribution in [2.75, 3.05) is 5.32 Å². The highest BCUT2D eigenvalue weighted by atomic mass is 79.9. The van der Waals surface area contributed by atoms with Crippen LogP contribution >= 0.6 is 27.5 Å². The maximum Gasteiger partial charge on any atom is 0.261 e. The Hall–Kier alpha value is -2.11. The minimum atomic E-state index is -0.453. The summed E-state index contributed by atoms with van der Waals surface area (Å²) >= 11 is 9.49. The third-order valence-corrected chi connectivity index (χ3v) is 4.28. The summed E-state index contributed by atoms with van der Waals surface area (Å²) in [6.45, 7) is 0. The Morgan fingerprint density at radius 3 is 2.70 bits per heavy atom. The van der Waals surface area contributed by atoms with Gasteiger partial charge in [0.25, 0.3) is 5.91 Å².